The molecule has 1 aromatic heterocycles. The molecular formula is C10H17N3O2. The Bertz CT molecular complexity index is 295. The zero-order chi connectivity index (χ0) is 10.5. The Hall–Kier alpha value is -0.910. The number of rotatable bonds is 4. The van der Waals surface area contributed by atoms with Crippen molar-refractivity contribution in [2.24, 2.45) is 0 Å². The quantitative estimate of drug-likeness (QED) is 0.772. The fourth-order valence-electron chi connectivity index (χ4n) is 1.68. The summed E-state index contributed by atoms with van der Waals surface area (Å²) in [7, 11) is 1.89. The van der Waals surface area contributed by atoms with Crippen LogP contribution in [0.1, 0.15) is 11.5 Å². The second-order valence-electron chi connectivity index (χ2n) is 3.70. The van der Waals surface area contributed by atoms with Crippen molar-refractivity contribution in [3.63, 3.8) is 0 Å². The molecule has 0 atom stereocenters. The second-order valence-corrected chi connectivity index (χ2v) is 3.70. The lowest BCUT2D eigenvalue weighted by Crippen LogP contribution is -2.35. The average molecular weight is 211 g/mol. The van der Waals surface area contributed by atoms with E-state index < -0.39 is 0 Å². The maximum Gasteiger partial charge on any atom is 0.150 e. The number of nitrogens with zero attached hydrogens (tertiary/aromatic N) is 2. The molecule has 0 aromatic carbocycles. The fourth-order valence-corrected chi connectivity index (χ4v) is 1.68. The molecule has 1 fully saturated rings. The maximum atomic E-state index is 5.29. The van der Waals surface area contributed by atoms with Crippen LogP contribution in [-0.4, -0.2) is 43.4 Å². The van der Waals surface area contributed by atoms with E-state index >= 15 is 0 Å². The number of ether oxygens (including phenoxy) is 1. The first-order valence-corrected chi connectivity index (χ1v) is 5.27. The topological polar surface area (TPSA) is 50.5 Å². The molecule has 0 aliphatic carbocycles. The molecule has 1 N–H and O–H groups in total. The van der Waals surface area contributed by atoms with Gasteiger partial charge >= 0.3 is 0 Å². The molecule has 0 radical (unpaired) electrons. The molecule has 15 heavy (non-hydrogen) atoms. The van der Waals surface area contributed by atoms with Gasteiger partial charge in [-0.15, -0.1) is 0 Å². The van der Waals surface area contributed by atoms with E-state index in [1.807, 2.05) is 13.1 Å². The van der Waals surface area contributed by atoms with Crippen LogP contribution in [-0.2, 0) is 17.8 Å². The van der Waals surface area contributed by atoms with Crippen molar-refractivity contribution in [2.45, 2.75) is 13.1 Å². The third kappa shape index (κ3) is 3.02. The van der Waals surface area contributed by atoms with E-state index in [1.54, 1.807) is 0 Å². The van der Waals surface area contributed by atoms with Crippen LogP contribution in [0.5, 0.6) is 0 Å². The van der Waals surface area contributed by atoms with E-state index in [-0.39, 0.29) is 0 Å². The Balaban J connectivity index is 1.86. The van der Waals surface area contributed by atoms with Gasteiger partial charge in [0, 0.05) is 25.7 Å². The van der Waals surface area contributed by atoms with Crippen LogP contribution < -0.4 is 5.32 Å². The Kier molecular flexibility index (Phi) is 3.71. The molecule has 0 unspecified atom stereocenters. The minimum absolute atomic E-state index is 0.732. The summed E-state index contributed by atoms with van der Waals surface area (Å²) in [5, 5.41) is 7.07. The second kappa shape index (κ2) is 5.25. The van der Waals surface area contributed by atoms with Gasteiger partial charge in [0.15, 0.2) is 5.76 Å². The molecule has 1 aliphatic heterocycles. The van der Waals surface area contributed by atoms with E-state index in [2.05, 4.69) is 15.4 Å². The average Bonchev–Trinajstić information content (AvgIpc) is 2.68. The van der Waals surface area contributed by atoms with E-state index in [4.69, 9.17) is 9.26 Å². The van der Waals surface area contributed by atoms with E-state index in [0.717, 1.165) is 50.8 Å². The van der Waals surface area contributed by atoms with Gasteiger partial charge < -0.3 is 14.6 Å². The van der Waals surface area contributed by atoms with Crippen molar-refractivity contribution in [2.75, 3.05) is 33.4 Å². The highest BCUT2D eigenvalue weighted by Crippen LogP contribution is 2.08. The van der Waals surface area contributed by atoms with Crippen LogP contribution in [0, 0.1) is 0 Å². The first kappa shape index (κ1) is 10.6. The zero-order valence-electron chi connectivity index (χ0n) is 9.03. The molecule has 1 aliphatic rings. The van der Waals surface area contributed by atoms with Gasteiger partial charge in [0.05, 0.1) is 25.5 Å². The van der Waals surface area contributed by atoms with Gasteiger partial charge in [0.2, 0.25) is 0 Å². The predicted molar refractivity (Wildman–Crippen MR) is 55.4 cm³/mol. The summed E-state index contributed by atoms with van der Waals surface area (Å²) in [6.07, 6.45) is 0. The summed E-state index contributed by atoms with van der Waals surface area (Å²) in [4.78, 5) is 2.32. The highest BCUT2D eigenvalue weighted by molar-refractivity contribution is 5.05. The standard InChI is InChI=1S/C10H17N3O2/c1-11-7-10-6-9(12-15-10)8-13-2-4-14-5-3-13/h6,11H,2-5,7-8H2,1H3. The van der Waals surface area contributed by atoms with Gasteiger partial charge in [-0.05, 0) is 7.05 Å². The summed E-state index contributed by atoms with van der Waals surface area (Å²) < 4.78 is 10.5. The summed E-state index contributed by atoms with van der Waals surface area (Å²) in [6.45, 7) is 5.19. The zero-order valence-corrected chi connectivity index (χ0v) is 9.03. The fraction of sp³-hybridized carbons (Fsp3) is 0.700. The summed E-state index contributed by atoms with van der Waals surface area (Å²) >= 11 is 0. The Morgan fingerprint density at radius 1 is 1.47 bits per heavy atom. The number of morpholine rings is 1. The van der Waals surface area contributed by atoms with Crippen LogP contribution in [0.25, 0.3) is 0 Å². The van der Waals surface area contributed by atoms with Crippen molar-refractivity contribution in [1.82, 2.24) is 15.4 Å². The minimum atomic E-state index is 0.732. The third-order valence-electron chi connectivity index (χ3n) is 2.45. The molecule has 1 aromatic rings. The molecular weight excluding hydrogens is 194 g/mol. The Morgan fingerprint density at radius 3 is 3.00 bits per heavy atom. The highest BCUT2D eigenvalue weighted by Gasteiger charge is 2.12. The molecule has 0 bridgehead atoms. The summed E-state index contributed by atoms with van der Waals surface area (Å²) in [5.41, 5.74) is 1.00. The minimum Gasteiger partial charge on any atom is -0.379 e. The number of hydrogen-bond acceptors (Lipinski definition) is 5. The molecule has 0 saturated carbocycles. The summed E-state index contributed by atoms with van der Waals surface area (Å²) in [5.74, 6) is 0.890. The van der Waals surface area contributed by atoms with Crippen LogP contribution in [0.2, 0.25) is 0 Å². The lowest BCUT2D eigenvalue weighted by Gasteiger charge is -2.25. The van der Waals surface area contributed by atoms with E-state index in [0.29, 0.717) is 0 Å². The lowest BCUT2D eigenvalue weighted by molar-refractivity contribution is 0.0332. The van der Waals surface area contributed by atoms with Gasteiger partial charge in [0.1, 0.15) is 0 Å². The normalized spacial score (nSPS) is 18.2. The molecule has 2 rings (SSSR count). The van der Waals surface area contributed by atoms with Crippen LogP contribution in [0.4, 0.5) is 0 Å². The number of nitrogens with one attached hydrogen (secondary N) is 1. The smallest absolute Gasteiger partial charge is 0.150 e. The maximum absolute atomic E-state index is 5.29. The van der Waals surface area contributed by atoms with Crippen LogP contribution in [0.3, 0.4) is 0 Å². The number of aromatic nitrogens is 1. The largest absolute Gasteiger partial charge is 0.379 e. The van der Waals surface area contributed by atoms with Crippen molar-refractivity contribution < 1.29 is 9.26 Å². The highest BCUT2D eigenvalue weighted by atomic mass is 16.5. The molecule has 0 spiro atoms. The molecule has 5 nitrogen and oxygen atoms in total. The van der Waals surface area contributed by atoms with Gasteiger partial charge in [-0.3, -0.25) is 4.90 Å². The van der Waals surface area contributed by atoms with Crippen molar-refractivity contribution in [1.29, 1.82) is 0 Å². The van der Waals surface area contributed by atoms with E-state index in [9.17, 15) is 0 Å². The van der Waals surface area contributed by atoms with Crippen LogP contribution >= 0.6 is 0 Å². The molecule has 5 heteroatoms. The Labute approximate surface area is 89.4 Å². The van der Waals surface area contributed by atoms with Crippen LogP contribution in [0.15, 0.2) is 10.6 Å². The monoisotopic (exact) mass is 211 g/mol. The first-order chi connectivity index (χ1) is 7.38. The first-order valence-electron chi connectivity index (χ1n) is 5.27. The van der Waals surface area contributed by atoms with Gasteiger partial charge in [0.25, 0.3) is 0 Å². The Morgan fingerprint density at radius 2 is 2.27 bits per heavy atom. The third-order valence-corrected chi connectivity index (χ3v) is 2.45. The molecule has 0 amide bonds. The molecule has 1 saturated heterocycles. The molecule has 84 valence electrons. The van der Waals surface area contributed by atoms with Gasteiger partial charge in [-0.2, -0.15) is 0 Å². The van der Waals surface area contributed by atoms with Gasteiger partial charge in [-0.25, -0.2) is 0 Å². The van der Waals surface area contributed by atoms with E-state index in [1.165, 1.54) is 0 Å². The van der Waals surface area contributed by atoms with Crippen molar-refractivity contribution >= 4 is 0 Å². The molecule has 2 heterocycles. The van der Waals surface area contributed by atoms with Crippen molar-refractivity contribution in [3.8, 4) is 0 Å². The lowest BCUT2D eigenvalue weighted by atomic mass is 10.3. The van der Waals surface area contributed by atoms with Crippen molar-refractivity contribution in [3.05, 3.63) is 17.5 Å². The SMILES string of the molecule is CNCc1cc(CN2CCOCC2)no1. The summed E-state index contributed by atoms with van der Waals surface area (Å²) in [6, 6.07) is 2.01. The number of hydrogen-bond donors (Lipinski definition) is 1. The van der Waals surface area contributed by atoms with Gasteiger partial charge in [-0.1, -0.05) is 5.16 Å². The predicted octanol–water partition coefficient (Wildman–Crippen LogP) is 0.226.